The highest BCUT2D eigenvalue weighted by Gasteiger charge is 2.43. The van der Waals surface area contributed by atoms with Crippen LogP contribution >= 0.6 is 0 Å². The molecule has 36 heavy (non-hydrogen) atoms. The Balaban J connectivity index is 1.31. The number of oxime groups is 1. The van der Waals surface area contributed by atoms with E-state index in [-0.39, 0.29) is 11.9 Å². The molecule has 6 heteroatoms. The maximum Gasteiger partial charge on any atom is 0.257 e. The lowest BCUT2D eigenvalue weighted by atomic mass is 9.86. The maximum absolute atomic E-state index is 13.1. The molecule has 1 unspecified atom stereocenters. The number of nitrogens with zero attached hydrogens (tertiary/aromatic N) is 2. The average molecular weight is 484 g/mol. The van der Waals surface area contributed by atoms with Crippen LogP contribution in [-0.2, 0) is 16.1 Å². The second-order valence-electron chi connectivity index (χ2n) is 8.69. The van der Waals surface area contributed by atoms with Crippen molar-refractivity contribution < 1.29 is 14.4 Å². The number of benzene rings is 3. The smallest absolute Gasteiger partial charge is 0.257 e. The number of nitrogens with one attached hydrogen (secondary N) is 1. The van der Waals surface area contributed by atoms with Gasteiger partial charge in [0.05, 0.1) is 18.9 Å². The van der Waals surface area contributed by atoms with Gasteiger partial charge in [-0.1, -0.05) is 65.8 Å². The number of amides is 1. The summed E-state index contributed by atoms with van der Waals surface area (Å²) >= 11 is 0. The van der Waals surface area contributed by atoms with Gasteiger partial charge in [0.15, 0.2) is 0 Å². The number of methoxy groups -OCH3 is 1. The molecular formula is C30H33N3O3. The predicted octanol–water partition coefficient (Wildman–Crippen LogP) is 5.32. The van der Waals surface area contributed by atoms with Crippen molar-refractivity contribution in [1.29, 1.82) is 0 Å². The molecule has 0 saturated carbocycles. The van der Waals surface area contributed by atoms with Crippen LogP contribution in [0.2, 0.25) is 0 Å². The summed E-state index contributed by atoms with van der Waals surface area (Å²) in [5.41, 5.74) is 4.58. The van der Waals surface area contributed by atoms with E-state index in [0.29, 0.717) is 17.9 Å². The molecule has 1 amide bonds. The molecule has 1 aliphatic rings. The fraction of sp³-hybridized carbons (Fsp3) is 0.267. The van der Waals surface area contributed by atoms with Crippen molar-refractivity contribution in [2.75, 3.05) is 31.7 Å². The van der Waals surface area contributed by atoms with Gasteiger partial charge in [-0.15, -0.1) is 0 Å². The standard InChI is InChI=1S/C30H33N3O3/c1-23(32-36-21-9-19-31-20-18-24-10-5-3-6-11-24)22-28-29(25-12-7-4-8-13-25)33(30(28)34)26-14-16-27(35-2)17-15-26/h3-8,10-17,22,29,31H,9,18-21H2,1-2H3/b28-22+,32-23+. The molecule has 0 aliphatic carbocycles. The molecule has 6 nitrogen and oxygen atoms in total. The first-order chi connectivity index (χ1) is 17.7. The van der Waals surface area contributed by atoms with Crippen molar-refractivity contribution in [3.8, 4) is 5.75 Å². The van der Waals surface area contributed by atoms with Gasteiger partial charge in [0, 0.05) is 11.3 Å². The Bertz CT molecular complexity index is 1180. The molecule has 0 radical (unpaired) electrons. The summed E-state index contributed by atoms with van der Waals surface area (Å²) in [7, 11) is 1.63. The molecule has 0 spiro atoms. The highest BCUT2D eigenvalue weighted by Crippen LogP contribution is 2.43. The molecule has 0 bridgehead atoms. The molecule has 1 atom stereocenters. The summed E-state index contributed by atoms with van der Waals surface area (Å²) in [5, 5.41) is 7.65. The summed E-state index contributed by atoms with van der Waals surface area (Å²) in [5.74, 6) is 0.719. The highest BCUT2D eigenvalue weighted by molar-refractivity contribution is 6.18. The minimum atomic E-state index is -0.175. The molecule has 1 saturated heterocycles. The number of hydrogen-bond acceptors (Lipinski definition) is 5. The average Bonchev–Trinajstić information content (AvgIpc) is 2.93. The van der Waals surface area contributed by atoms with E-state index in [2.05, 4.69) is 34.7 Å². The lowest BCUT2D eigenvalue weighted by Crippen LogP contribution is -2.49. The molecule has 1 fully saturated rings. The summed E-state index contributed by atoms with van der Waals surface area (Å²) in [6.07, 6.45) is 3.70. The highest BCUT2D eigenvalue weighted by atomic mass is 16.6. The van der Waals surface area contributed by atoms with Crippen molar-refractivity contribution in [2.24, 2.45) is 5.16 Å². The largest absolute Gasteiger partial charge is 0.497 e. The number of carbonyl (C=O) groups excluding carboxylic acids is 1. The third kappa shape index (κ3) is 6.40. The number of ether oxygens (including phenoxy) is 1. The zero-order valence-electron chi connectivity index (χ0n) is 20.9. The van der Waals surface area contributed by atoms with Crippen molar-refractivity contribution in [3.05, 3.63) is 108 Å². The number of rotatable bonds is 12. The van der Waals surface area contributed by atoms with E-state index in [0.717, 1.165) is 42.9 Å². The second kappa shape index (κ2) is 12.7. The van der Waals surface area contributed by atoms with E-state index < -0.39 is 0 Å². The van der Waals surface area contributed by atoms with Crippen molar-refractivity contribution in [2.45, 2.75) is 25.8 Å². The van der Waals surface area contributed by atoms with Crippen molar-refractivity contribution in [3.63, 3.8) is 0 Å². The van der Waals surface area contributed by atoms with E-state index in [9.17, 15) is 4.79 Å². The Morgan fingerprint density at radius 1 is 0.972 bits per heavy atom. The fourth-order valence-corrected chi connectivity index (χ4v) is 4.22. The molecule has 0 aromatic heterocycles. The normalized spacial score (nSPS) is 16.7. The fourth-order valence-electron chi connectivity index (χ4n) is 4.22. The first kappa shape index (κ1) is 25.2. The van der Waals surface area contributed by atoms with Crippen LogP contribution in [-0.4, -0.2) is 38.4 Å². The Morgan fingerprint density at radius 2 is 1.67 bits per heavy atom. The zero-order valence-corrected chi connectivity index (χ0v) is 20.9. The molecule has 1 aliphatic heterocycles. The third-order valence-corrected chi connectivity index (χ3v) is 6.08. The van der Waals surface area contributed by atoms with E-state index >= 15 is 0 Å². The van der Waals surface area contributed by atoms with Gasteiger partial charge in [0.1, 0.15) is 12.4 Å². The summed E-state index contributed by atoms with van der Waals surface area (Å²) < 4.78 is 5.26. The van der Waals surface area contributed by atoms with Gasteiger partial charge in [-0.05, 0) is 74.3 Å². The van der Waals surface area contributed by atoms with Crippen molar-refractivity contribution >= 4 is 17.3 Å². The Morgan fingerprint density at radius 3 is 2.36 bits per heavy atom. The van der Waals surface area contributed by atoms with Gasteiger partial charge in [0.25, 0.3) is 5.91 Å². The summed E-state index contributed by atoms with van der Waals surface area (Å²) in [6, 6.07) is 27.8. The zero-order chi connectivity index (χ0) is 25.2. The molecule has 1 heterocycles. The Hall–Kier alpha value is -3.90. The minimum absolute atomic E-state index is 0.0359. The van der Waals surface area contributed by atoms with Gasteiger partial charge < -0.3 is 14.9 Å². The van der Waals surface area contributed by atoms with E-state index in [1.54, 1.807) is 12.0 Å². The molecular weight excluding hydrogens is 450 g/mol. The number of carbonyl (C=O) groups is 1. The molecule has 3 aromatic carbocycles. The van der Waals surface area contributed by atoms with Crippen LogP contribution in [0.4, 0.5) is 5.69 Å². The summed E-state index contributed by atoms with van der Waals surface area (Å²) in [6.45, 7) is 4.18. The Kier molecular flexibility index (Phi) is 8.89. The monoisotopic (exact) mass is 483 g/mol. The Labute approximate surface area is 213 Å². The predicted molar refractivity (Wildman–Crippen MR) is 144 cm³/mol. The molecule has 186 valence electrons. The van der Waals surface area contributed by atoms with Gasteiger partial charge in [-0.3, -0.25) is 9.69 Å². The summed E-state index contributed by atoms with van der Waals surface area (Å²) in [4.78, 5) is 20.4. The van der Waals surface area contributed by atoms with Crippen LogP contribution in [0.1, 0.15) is 30.5 Å². The number of β-lactam (4-membered cyclic amide) rings is 1. The first-order valence-corrected chi connectivity index (χ1v) is 12.3. The van der Waals surface area contributed by atoms with Crippen LogP contribution in [0.5, 0.6) is 5.75 Å². The number of hydrogen-bond donors (Lipinski definition) is 1. The van der Waals surface area contributed by atoms with Crippen LogP contribution in [0.3, 0.4) is 0 Å². The van der Waals surface area contributed by atoms with Crippen LogP contribution in [0.25, 0.3) is 0 Å². The van der Waals surface area contributed by atoms with E-state index in [4.69, 9.17) is 9.57 Å². The molecule has 1 N–H and O–H groups in total. The number of anilines is 1. The minimum Gasteiger partial charge on any atom is -0.497 e. The SMILES string of the molecule is COc1ccc(N2C(=O)/C(=C/C(C)=N/OCCCNCCc3ccccc3)C2c2ccccc2)cc1. The lowest BCUT2D eigenvalue weighted by molar-refractivity contribution is -0.119. The van der Waals surface area contributed by atoms with Crippen molar-refractivity contribution in [1.82, 2.24) is 5.32 Å². The van der Waals surface area contributed by atoms with Gasteiger partial charge >= 0.3 is 0 Å². The van der Waals surface area contributed by atoms with E-state index in [1.807, 2.05) is 73.7 Å². The van der Waals surface area contributed by atoms with E-state index in [1.165, 1.54) is 5.56 Å². The number of allylic oxidation sites excluding steroid dienone is 1. The third-order valence-electron chi connectivity index (χ3n) is 6.08. The van der Waals surface area contributed by atoms with Crippen LogP contribution in [0, 0.1) is 0 Å². The van der Waals surface area contributed by atoms with Gasteiger partial charge in [0.2, 0.25) is 0 Å². The first-order valence-electron chi connectivity index (χ1n) is 12.3. The molecule has 4 rings (SSSR count). The quantitative estimate of drug-likeness (QED) is 0.124. The molecule has 3 aromatic rings. The van der Waals surface area contributed by atoms with Gasteiger partial charge in [-0.25, -0.2) is 0 Å². The topological polar surface area (TPSA) is 63.2 Å². The van der Waals surface area contributed by atoms with Crippen LogP contribution in [0.15, 0.2) is 102 Å². The maximum atomic E-state index is 13.1. The van der Waals surface area contributed by atoms with Gasteiger partial charge in [-0.2, -0.15) is 0 Å². The second-order valence-corrected chi connectivity index (χ2v) is 8.69. The van der Waals surface area contributed by atoms with Crippen LogP contribution < -0.4 is 15.0 Å². The lowest BCUT2D eigenvalue weighted by Gasteiger charge is -2.43.